The van der Waals surface area contributed by atoms with E-state index in [1.165, 1.54) is 12.3 Å². The first kappa shape index (κ1) is 16.7. The molecule has 2 aromatic rings. The zero-order chi connectivity index (χ0) is 16.1. The van der Waals surface area contributed by atoms with E-state index in [0.29, 0.717) is 19.6 Å². The second-order valence-corrected chi connectivity index (χ2v) is 6.15. The first-order valence-corrected chi connectivity index (χ1v) is 8.03. The van der Waals surface area contributed by atoms with Crippen LogP contribution in [0.2, 0.25) is 0 Å². The van der Waals surface area contributed by atoms with E-state index in [9.17, 15) is 10.2 Å². The van der Waals surface area contributed by atoms with Crippen LogP contribution in [0.4, 0.5) is 5.69 Å². The van der Waals surface area contributed by atoms with Crippen molar-refractivity contribution in [3.8, 4) is 11.5 Å². The molecule has 0 aromatic heterocycles. The number of phenolic OH excluding ortho intramolecular Hbond substituents is 2. The molecule has 0 bridgehead atoms. The highest BCUT2D eigenvalue weighted by molar-refractivity contribution is 9.13. The van der Waals surface area contributed by atoms with Gasteiger partial charge in [-0.2, -0.15) is 5.10 Å². The number of hydrazone groups is 1. The van der Waals surface area contributed by atoms with E-state index < -0.39 is 0 Å². The molecule has 0 unspecified atom stereocenters. The minimum atomic E-state index is -0.249. The summed E-state index contributed by atoms with van der Waals surface area (Å²) in [5.74, 6) is -0.486. The third-order valence-electron chi connectivity index (χ3n) is 2.59. The van der Waals surface area contributed by atoms with Crippen molar-refractivity contribution in [1.29, 1.82) is 0 Å². The summed E-state index contributed by atoms with van der Waals surface area (Å²) in [7, 11) is 0. The predicted octanol–water partition coefficient (Wildman–Crippen LogP) is 3.94. The first-order valence-electron chi connectivity index (χ1n) is 6.04. The second-order valence-electron chi connectivity index (χ2n) is 4.15. The number of hydrogen-bond acceptors (Lipinski definition) is 4. The Labute approximate surface area is 149 Å². The lowest BCUT2D eigenvalue weighted by atomic mass is 10.2. The number of nitrogens with zero attached hydrogens (tertiary/aromatic N) is 1. The maximum Gasteiger partial charge on any atom is 0.191 e. The predicted molar refractivity (Wildman–Crippen MR) is 98.6 cm³/mol. The molecule has 0 radical (unpaired) electrons. The Bertz CT molecular complexity index is 724. The van der Waals surface area contributed by atoms with Crippen LogP contribution in [0.1, 0.15) is 5.56 Å². The molecule has 0 heterocycles. The summed E-state index contributed by atoms with van der Waals surface area (Å²) >= 11 is 11.6. The van der Waals surface area contributed by atoms with Gasteiger partial charge in [-0.3, -0.25) is 5.43 Å². The quantitative estimate of drug-likeness (QED) is 0.249. The highest BCUT2D eigenvalue weighted by Crippen LogP contribution is 2.40. The van der Waals surface area contributed by atoms with E-state index in [4.69, 9.17) is 12.2 Å². The Morgan fingerprint density at radius 3 is 2.50 bits per heavy atom. The van der Waals surface area contributed by atoms with E-state index in [1.807, 2.05) is 30.3 Å². The molecule has 8 heteroatoms. The highest BCUT2D eigenvalue weighted by atomic mass is 79.9. The number of para-hydroxylation sites is 1. The highest BCUT2D eigenvalue weighted by Gasteiger charge is 2.12. The van der Waals surface area contributed by atoms with Crippen LogP contribution in [-0.2, 0) is 0 Å². The van der Waals surface area contributed by atoms with Crippen LogP contribution in [0.15, 0.2) is 50.4 Å². The van der Waals surface area contributed by atoms with Crippen LogP contribution in [0.5, 0.6) is 11.5 Å². The molecule has 0 spiro atoms. The Morgan fingerprint density at radius 1 is 1.14 bits per heavy atom. The number of aromatic hydroxyl groups is 2. The summed E-state index contributed by atoms with van der Waals surface area (Å²) in [5, 5.41) is 26.5. The van der Waals surface area contributed by atoms with Crippen LogP contribution in [0.25, 0.3) is 0 Å². The topological polar surface area (TPSA) is 76.9 Å². The van der Waals surface area contributed by atoms with Gasteiger partial charge in [0.25, 0.3) is 0 Å². The molecule has 0 saturated carbocycles. The average Bonchev–Trinajstić information content (AvgIpc) is 2.51. The number of nitrogens with one attached hydrogen (secondary N) is 2. The number of rotatable bonds is 3. The normalized spacial score (nSPS) is 10.6. The molecule has 2 aromatic carbocycles. The smallest absolute Gasteiger partial charge is 0.191 e. The number of thiocarbonyl (C=S) groups is 1. The average molecular weight is 445 g/mol. The lowest BCUT2D eigenvalue weighted by Gasteiger charge is -2.08. The fourth-order valence-electron chi connectivity index (χ4n) is 1.56. The van der Waals surface area contributed by atoms with Gasteiger partial charge in [0.1, 0.15) is 0 Å². The summed E-state index contributed by atoms with van der Waals surface area (Å²) in [6.45, 7) is 0. The molecule has 22 heavy (non-hydrogen) atoms. The van der Waals surface area contributed by atoms with Gasteiger partial charge in [0.15, 0.2) is 16.6 Å². The Kier molecular flexibility index (Phi) is 5.76. The summed E-state index contributed by atoms with van der Waals surface area (Å²) in [6.07, 6.45) is 1.47. The van der Waals surface area contributed by atoms with Crippen molar-refractivity contribution in [3.05, 3.63) is 50.9 Å². The summed E-state index contributed by atoms with van der Waals surface area (Å²) in [5.41, 5.74) is 4.09. The molecule has 0 fully saturated rings. The minimum absolute atomic E-state index is 0.238. The molecule has 0 aliphatic carbocycles. The van der Waals surface area contributed by atoms with Crippen molar-refractivity contribution in [3.63, 3.8) is 0 Å². The third-order valence-corrected chi connectivity index (χ3v) is 4.94. The van der Waals surface area contributed by atoms with E-state index >= 15 is 0 Å². The number of benzene rings is 2. The van der Waals surface area contributed by atoms with Crippen LogP contribution in [0.3, 0.4) is 0 Å². The van der Waals surface area contributed by atoms with Crippen LogP contribution >= 0.6 is 44.1 Å². The lowest BCUT2D eigenvalue weighted by Crippen LogP contribution is -2.23. The molecule has 5 nitrogen and oxygen atoms in total. The zero-order valence-corrected chi connectivity index (χ0v) is 15.0. The fraction of sp³-hybridized carbons (Fsp3) is 0. The lowest BCUT2D eigenvalue weighted by molar-refractivity contribution is 0.401. The number of halogens is 2. The molecule has 0 aliphatic rings. The minimum Gasteiger partial charge on any atom is -0.504 e. The second kappa shape index (κ2) is 7.57. The molecular weight excluding hydrogens is 434 g/mol. The summed E-state index contributed by atoms with van der Waals surface area (Å²) in [6, 6.07) is 10.8. The van der Waals surface area contributed by atoms with Gasteiger partial charge < -0.3 is 15.5 Å². The first-order chi connectivity index (χ1) is 10.5. The van der Waals surface area contributed by atoms with Crippen molar-refractivity contribution in [2.24, 2.45) is 5.10 Å². The molecule has 2 rings (SSSR count). The summed E-state index contributed by atoms with van der Waals surface area (Å²) in [4.78, 5) is 0. The van der Waals surface area contributed by atoms with Gasteiger partial charge >= 0.3 is 0 Å². The number of hydrogen-bond donors (Lipinski definition) is 4. The Balaban J connectivity index is 2.03. The van der Waals surface area contributed by atoms with Crippen molar-refractivity contribution >= 4 is 61.1 Å². The van der Waals surface area contributed by atoms with E-state index in [2.05, 4.69) is 47.7 Å². The molecule has 0 amide bonds. The van der Waals surface area contributed by atoms with Gasteiger partial charge in [0.2, 0.25) is 0 Å². The summed E-state index contributed by atoms with van der Waals surface area (Å²) < 4.78 is 0.911. The van der Waals surface area contributed by atoms with Crippen molar-refractivity contribution in [2.45, 2.75) is 0 Å². The van der Waals surface area contributed by atoms with Gasteiger partial charge in [0, 0.05) is 15.7 Å². The van der Waals surface area contributed by atoms with Crippen molar-refractivity contribution < 1.29 is 10.2 Å². The van der Waals surface area contributed by atoms with Gasteiger partial charge in [-0.15, -0.1) is 0 Å². The molecule has 114 valence electrons. The van der Waals surface area contributed by atoms with Gasteiger partial charge in [0.05, 0.1) is 10.7 Å². The van der Waals surface area contributed by atoms with Gasteiger partial charge in [-0.05, 0) is 62.3 Å². The largest absolute Gasteiger partial charge is 0.504 e. The monoisotopic (exact) mass is 443 g/mol. The van der Waals surface area contributed by atoms with E-state index in [-0.39, 0.29) is 11.5 Å². The standard InChI is InChI=1S/C14H11Br2N3O2S/c15-11-8(6-10(20)13(21)12(11)16)7-17-19-14(22)18-9-4-2-1-3-5-9/h1-7,20-21H,(H2,18,19,22). The van der Waals surface area contributed by atoms with E-state index in [1.54, 1.807) is 0 Å². The van der Waals surface area contributed by atoms with Crippen LogP contribution in [0, 0.1) is 0 Å². The fourth-order valence-corrected chi connectivity index (χ4v) is 2.56. The molecular formula is C14H11Br2N3O2S. The Morgan fingerprint density at radius 2 is 1.82 bits per heavy atom. The number of phenols is 2. The van der Waals surface area contributed by atoms with Gasteiger partial charge in [-0.1, -0.05) is 18.2 Å². The van der Waals surface area contributed by atoms with Gasteiger partial charge in [-0.25, -0.2) is 0 Å². The molecule has 0 saturated heterocycles. The molecule has 0 aliphatic heterocycles. The van der Waals surface area contributed by atoms with Crippen molar-refractivity contribution in [2.75, 3.05) is 5.32 Å². The van der Waals surface area contributed by atoms with Crippen LogP contribution in [-0.4, -0.2) is 21.5 Å². The SMILES string of the molecule is Oc1cc(C=NNC(=S)Nc2ccccc2)c(Br)c(Br)c1O. The van der Waals surface area contributed by atoms with Crippen molar-refractivity contribution in [1.82, 2.24) is 5.43 Å². The maximum atomic E-state index is 9.59. The molecule has 0 atom stereocenters. The third kappa shape index (κ3) is 4.19. The molecule has 4 N–H and O–H groups in total. The van der Waals surface area contributed by atoms with E-state index in [0.717, 1.165) is 5.69 Å². The van der Waals surface area contributed by atoms with Crippen LogP contribution < -0.4 is 10.7 Å². The zero-order valence-electron chi connectivity index (χ0n) is 11.0. The number of anilines is 1. The maximum absolute atomic E-state index is 9.59. The Hall–Kier alpha value is -1.64.